The van der Waals surface area contributed by atoms with Crippen LogP contribution in [0.5, 0.6) is 0 Å². The molecule has 0 saturated carbocycles. The molecule has 0 bridgehead atoms. The summed E-state index contributed by atoms with van der Waals surface area (Å²) in [5.41, 5.74) is 1.04. The number of rotatable bonds is 4. The number of benzene rings is 1. The number of halogens is 1. The second-order valence-corrected chi connectivity index (χ2v) is 6.22. The predicted molar refractivity (Wildman–Crippen MR) is 83.6 cm³/mol. The minimum Gasteiger partial charge on any atom is -0.351 e. The van der Waals surface area contributed by atoms with Gasteiger partial charge in [0.25, 0.3) is 0 Å². The van der Waals surface area contributed by atoms with E-state index in [2.05, 4.69) is 10.2 Å². The van der Waals surface area contributed by atoms with Crippen LogP contribution in [0.4, 0.5) is 0 Å². The van der Waals surface area contributed by atoms with E-state index < -0.39 is 0 Å². The van der Waals surface area contributed by atoms with Gasteiger partial charge in [-0.3, -0.25) is 9.69 Å². The number of nitrogens with zero attached hydrogens (tertiary/aromatic N) is 1. The van der Waals surface area contributed by atoms with Gasteiger partial charge >= 0.3 is 0 Å². The lowest BCUT2D eigenvalue weighted by Crippen LogP contribution is -2.48. The second-order valence-electron chi connectivity index (χ2n) is 5.79. The minimum atomic E-state index is -0.379. The van der Waals surface area contributed by atoms with Crippen molar-refractivity contribution in [2.75, 3.05) is 32.8 Å². The van der Waals surface area contributed by atoms with Gasteiger partial charge in [-0.2, -0.15) is 0 Å². The molecule has 1 spiro atoms. The van der Waals surface area contributed by atoms with Crippen LogP contribution in [0.15, 0.2) is 24.3 Å². The van der Waals surface area contributed by atoms with Crippen molar-refractivity contribution < 1.29 is 14.3 Å². The van der Waals surface area contributed by atoms with Gasteiger partial charge in [0, 0.05) is 37.5 Å². The Balaban J connectivity index is 1.40. The lowest BCUT2D eigenvalue weighted by atomic mass is 10.0. The van der Waals surface area contributed by atoms with Gasteiger partial charge in [-0.05, 0) is 17.7 Å². The van der Waals surface area contributed by atoms with Crippen molar-refractivity contribution in [3.63, 3.8) is 0 Å². The monoisotopic (exact) mass is 324 g/mol. The van der Waals surface area contributed by atoms with E-state index in [4.69, 9.17) is 21.1 Å². The van der Waals surface area contributed by atoms with Gasteiger partial charge in [-0.25, -0.2) is 0 Å². The van der Waals surface area contributed by atoms with Crippen LogP contribution in [0.25, 0.3) is 0 Å². The summed E-state index contributed by atoms with van der Waals surface area (Å²) < 4.78 is 11.4. The van der Waals surface area contributed by atoms with Gasteiger partial charge in [0.2, 0.25) is 5.91 Å². The maximum atomic E-state index is 12.0. The minimum absolute atomic E-state index is 0.0409. The van der Waals surface area contributed by atoms with Gasteiger partial charge in [-0.1, -0.05) is 23.7 Å². The molecule has 0 aliphatic carbocycles. The summed E-state index contributed by atoms with van der Waals surface area (Å²) in [6, 6.07) is 7.49. The van der Waals surface area contributed by atoms with Gasteiger partial charge < -0.3 is 14.8 Å². The number of carbonyl (C=O) groups is 1. The van der Waals surface area contributed by atoms with E-state index in [1.165, 1.54) is 0 Å². The van der Waals surface area contributed by atoms with E-state index in [1.807, 2.05) is 24.3 Å². The molecule has 0 unspecified atom stereocenters. The molecule has 6 heteroatoms. The average Bonchev–Trinajstić information content (AvgIpc) is 2.98. The van der Waals surface area contributed by atoms with Crippen LogP contribution in [-0.4, -0.2) is 49.4 Å². The molecule has 3 rings (SSSR count). The predicted octanol–water partition coefficient (Wildman–Crippen LogP) is 1.80. The van der Waals surface area contributed by atoms with Gasteiger partial charge in [0.15, 0.2) is 5.79 Å². The van der Waals surface area contributed by atoms with Crippen LogP contribution in [-0.2, 0) is 20.8 Å². The molecule has 22 heavy (non-hydrogen) atoms. The van der Waals surface area contributed by atoms with Crippen molar-refractivity contribution in [1.29, 1.82) is 0 Å². The fraction of sp³-hybridized carbons (Fsp3) is 0.562. The smallest absolute Gasteiger partial charge is 0.234 e. The summed E-state index contributed by atoms with van der Waals surface area (Å²) in [4.78, 5) is 14.2. The molecule has 1 aromatic rings. The number of piperidine rings is 1. The summed E-state index contributed by atoms with van der Waals surface area (Å²) in [7, 11) is 0. The number of amides is 1. The lowest BCUT2D eigenvalue weighted by molar-refractivity contribution is -0.185. The quantitative estimate of drug-likeness (QED) is 0.917. The van der Waals surface area contributed by atoms with E-state index in [0.29, 0.717) is 31.3 Å². The molecule has 2 fully saturated rings. The molecule has 1 N–H and O–H groups in total. The molecule has 0 radical (unpaired) electrons. The first-order chi connectivity index (χ1) is 10.7. The molecule has 1 aromatic carbocycles. The Morgan fingerprint density at radius 2 is 1.82 bits per heavy atom. The van der Waals surface area contributed by atoms with Crippen molar-refractivity contribution in [2.24, 2.45) is 0 Å². The maximum absolute atomic E-state index is 12.0. The van der Waals surface area contributed by atoms with Gasteiger partial charge in [0.1, 0.15) is 0 Å². The molecule has 5 nitrogen and oxygen atoms in total. The summed E-state index contributed by atoms with van der Waals surface area (Å²) >= 11 is 5.84. The number of nitrogens with one attached hydrogen (secondary N) is 1. The van der Waals surface area contributed by atoms with E-state index in [1.54, 1.807) is 0 Å². The molecule has 120 valence electrons. The highest BCUT2D eigenvalue weighted by atomic mass is 35.5. The zero-order valence-corrected chi connectivity index (χ0v) is 13.3. The Bertz CT molecular complexity index is 505. The lowest BCUT2D eigenvalue weighted by Gasteiger charge is -2.37. The van der Waals surface area contributed by atoms with Crippen LogP contribution in [0, 0.1) is 0 Å². The Labute approximate surface area is 135 Å². The molecular formula is C16H21ClN2O3. The number of hydrogen-bond acceptors (Lipinski definition) is 4. The molecule has 2 aliphatic rings. The largest absolute Gasteiger partial charge is 0.351 e. The highest BCUT2D eigenvalue weighted by Crippen LogP contribution is 2.30. The molecule has 0 aromatic heterocycles. The normalized spacial score (nSPS) is 21.1. The number of likely N-dealkylation sites (tertiary alicyclic amines) is 1. The van der Waals surface area contributed by atoms with E-state index >= 15 is 0 Å². The summed E-state index contributed by atoms with van der Waals surface area (Å²) in [5.74, 6) is -0.338. The van der Waals surface area contributed by atoms with Crippen molar-refractivity contribution in [2.45, 2.75) is 25.2 Å². The first-order valence-corrected chi connectivity index (χ1v) is 8.04. The topological polar surface area (TPSA) is 50.8 Å². The fourth-order valence-electron chi connectivity index (χ4n) is 2.90. The molecule has 2 saturated heterocycles. The second kappa shape index (κ2) is 6.96. The molecule has 1 amide bonds. The van der Waals surface area contributed by atoms with Crippen LogP contribution in [0.3, 0.4) is 0 Å². The zero-order valence-electron chi connectivity index (χ0n) is 12.5. The van der Waals surface area contributed by atoms with Gasteiger partial charge in [0.05, 0.1) is 19.8 Å². The van der Waals surface area contributed by atoms with Crippen LogP contribution >= 0.6 is 11.6 Å². The summed E-state index contributed by atoms with van der Waals surface area (Å²) in [6.45, 7) is 3.97. The van der Waals surface area contributed by atoms with Crippen LogP contribution < -0.4 is 5.32 Å². The Hall–Kier alpha value is -1.14. The van der Waals surface area contributed by atoms with Gasteiger partial charge in [-0.15, -0.1) is 0 Å². The average molecular weight is 325 g/mol. The molecular weight excluding hydrogens is 304 g/mol. The van der Waals surface area contributed by atoms with E-state index in [-0.39, 0.29) is 11.7 Å². The van der Waals surface area contributed by atoms with E-state index in [0.717, 1.165) is 31.5 Å². The third kappa shape index (κ3) is 3.98. The first-order valence-electron chi connectivity index (χ1n) is 7.67. The van der Waals surface area contributed by atoms with Crippen molar-refractivity contribution in [3.8, 4) is 0 Å². The molecule has 0 atom stereocenters. The Morgan fingerprint density at radius 3 is 2.45 bits per heavy atom. The Morgan fingerprint density at radius 1 is 1.18 bits per heavy atom. The third-order valence-corrected chi connectivity index (χ3v) is 4.45. The fourth-order valence-corrected chi connectivity index (χ4v) is 3.03. The molecule has 2 heterocycles. The van der Waals surface area contributed by atoms with Crippen molar-refractivity contribution >= 4 is 17.5 Å². The SMILES string of the molecule is O=C(CN1CCC2(CC1)OCCO2)NCc1ccc(Cl)cc1. The maximum Gasteiger partial charge on any atom is 0.234 e. The first kappa shape index (κ1) is 15.7. The number of hydrogen-bond donors (Lipinski definition) is 1. The summed E-state index contributed by atoms with van der Waals surface area (Å²) in [5, 5.41) is 3.64. The Kier molecular flexibility index (Phi) is 4.98. The number of ether oxygens (including phenoxy) is 2. The highest BCUT2D eigenvalue weighted by molar-refractivity contribution is 6.30. The zero-order chi connectivity index (χ0) is 15.4. The molecule has 2 aliphatic heterocycles. The summed E-state index contributed by atoms with van der Waals surface area (Å²) in [6.07, 6.45) is 1.66. The van der Waals surface area contributed by atoms with Crippen molar-refractivity contribution in [3.05, 3.63) is 34.9 Å². The standard InChI is InChI=1S/C16H21ClN2O3/c17-14-3-1-13(2-4-14)11-18-15(20)12-19-7-5-16(6-8-19)21-9-10-22-16/h1-4H,5-12H2,(H,18,20). The van der Waals surface area contributed by atoms with Crippen LogP contribution in [0.1, 0.15) is 18.4 Å². The number of carbonyl (C=O) groups excluding carboxylic acids is 1. The highest BCUT2D eigenvalue weighted by Gasteiger charge is 2.39. The van der Waals surface area contributed by atoms with E-state index in [9.17, 15) is 4.79 Å². The third-order valence-electron chi connectivity index (χ3n) is 4.20. The van der Waals surface area contributed by atoms with Crippen LogP contribution in [0.2, 0.25) is 5.02 Å². The van der Waals surface area contributed by atoms with Crippen molar-refractivity contribution in [1.82, 2.24) is 10.2 Å².